The summed E-state index contributed by atoms with van der Waals surface area (Å²) in [5, 5.41) is 3.03. The molecule has 6 nitrogen and oxygen atoms in total. The Hall–Kier alpha value is -1.90. The van der Waals surface area contributed by atoms with Crippen molar-refractivity contribution in [3.8, 4) is 0 Å². The van der Waals surface area contributed by atoms with Crippen LogP contribution in [-0.2, 0) is 10.0 Å². The molecule has 1 aliphatic heterocycles. The summed E-state index contributed by atoms with van der Waals surface area (Å²) in [7, 11) is -0.658. The molecule has 1 heterocycles. The summed E-state index contributed by atoms with van der Waals surface area (Å²) in [6.45, 7) is 3.65. The van der Waals surface area contributed by atoms with E-state index in [4.69, 9.17) is 0 Å². The third-order valence-corrected chi connectivity index (χ3v) is 7.75. The molecule has 1 saturated heterocycles. The quantitative estimate of drug-likeness (QED) is 0.654. The molecule has 0 spiro atoms. The van der Waals surface area contributed by atoms with Crippen LogP contribution in [0.25, 0.3) is 0 Å². The zero-order valence-corrected chi connectivity index (χ0v) is 20.0. The number of rotatable bonds is 6. The largest absolute Gasteiger partial charge is 0.371 e. The molecule has 1 aliphatic rings. The SMILES string of the molecule is CC(NC(=O)c1cc(S(=O)(=O)N(C)C)ccc1N1CCCCC1)c1ccc(Br)cc1. The van der Waals surface area contributed by atoms with Crippen molar-refractivity contribution in [1.29, 1.82) is 0 Å². The molecule has 0 bridgehead atoms. The van der Waals surface area contributed by atoms with Gasteiger partial charge in [0, 0.05) is 37.3 Å². The normalized spacial score (nSPS) is 15.8. The number of sulfonamides is 1. The number of carbonyl (C=O) groups is 1. The van der Waals surface area contributed by atoms with E-state index in [1.54, 1.807) is 12.1 Å². The Morgan fingerprint density at radius 2 is 1.70 bits per heavy atom. The molecule has 1 unspecified atom stereocenters. The summed E-state index contributed by atoms with van der Waals surface area (Å²) in [6.07, 6.45) is 3.30. The van der Waals surface area contributed by atoms with Crippen molar-refractivity contribution in [3.05, 3.63) is 58.1 Å². The number of halogens is 1. The first kappa shape index (κ1) is 22.8. The third-order valence-electron chi connectivity index (χ3n) is 5.41. The summed E-state index contributed by atoms with van der Waals surface area (Å²) < 4.78 is 27.4. The predicted molar refractivity (Wildman–Crippen MR) is 123 cm³/mol. The molecule has 1 N–H and O–H groups in total. The Morgan fingerprint density at radius 3 is 2.30 bits per heavy atom. The molecule has 0 aliphatic carbocycles. The molecule has 0 aromatic heterocycles. The Balaban J connectivity index is 1.96. The third kappa shape index (κ3) is 5.04. The topological polar surface area (TPSA) is 69.7 Å². The molecule has 2 aromatic rings. The lowest BCUT2D eigenvalue weighted by molar-refractivity contribution is 0.0940. The smallest absolute Gasteiger partial charge is 0.253 e. The van der Waals surface area contributed by atoms with E-state index in [-0.39, 0.29) is 16.8 Å². The van der Waals surface area contributed by atoms with Gasteiger partial charge in [0.2, 0.25) is 10.0 Å². The molecule has 0 saturated carbocycles. The van der Waals surface area contributed by atoms with Gasteiger partial charge in [-0.1, -0.05) is 28.1 Å². The van der Waals surface area contributed by atoms with Crippen molar-refractivity contribution < 1.29 is 13.2 Å². The van der Waals surface area contributed by atoms with Gasteiger partial charge in [0.1, 0.15) is 0 Å². The van der Waals surface area contributed by atoms with Crippen LogP contribution in [0.2, 0.25) is 0 Å². The van der Waals surface area contributed by atoms with Crippen molar-refractivity contribution in [1.82, 2.24) is 9.62 Å². The monoisotopic (exact) mass is 493 g/mol. The van der Waals surface area contributed by atoms with Gasteiger partial charge in [-0.25, -0.2) is 12.7 Å². The number of hydrogen-bond donors (Lipinski definition) is 1. The molecule has 3 rings (SSSR count). The lowest BCUT2D eigenvalue weighted by Gasteiger charge is -2.31. The summed E-state index contributed by atoms with van der Waals surface area (Å²) >= 11 is 3.42. The van der Waals surface area contributed by atoms with Crippen molar-refractivity contribution in [2.24, 2.45) is 0 Å². The maximum atomic E-state index is 13.3. The zero-order valence-electron chi connectivity index (χ0n) is 17.6. The van der Waals surface area contributed by atoms with Gasteiger partial charge in [-0.15, -0.1) is 0 Å². The first-order valence-electron chi connectivity index (χ1n) is 10.1. The number of amides is 1. The van der Waals surface area contributed by atoms with Crippen molar-refractivity contribution >= 4 is 37.5 Å². The van der Waals surface area contributed by atoms with Gasteiger partial charge in [0.15, 0.2) is 0 Å². The van der Waals surface area contributed by atoms with E-state index in [2.05, 4.69) is 26.1 Å². The molecule has 1 atom stereocenters. The maximum absolute atomic E-state index is 13.3. The summed E-state index contributed by atoms with van der Waals surface area (Å²) in [4.78, 5) is 15.5. The number of benzene rings is 2. The summed E-state index contributed by atoms with van der Waals surface area (Å²) in [5.74, 6) is -0.276. The maximum Gasteiger partial charge on any atom is 0.253 e. The van der Waals surface area contributed by atoms with Gasteiger partial charge in [-0.3, -0.25) is 4.79 Å². The van der Waals surface area contributed by atoms with Crippen LogP contribution >= 0.6 is 15.9 Å². The fourth-order valence-corrected chi connectivity index (χ4v) is 4.78. The van der Waals surface area contributed by atoms with E-state index in [0.717, 1.165) is 46.0 Å². The van der Waals surface area contributed by atoms with Gasteiger partial charge in [-0.2, -0.15) is 0 Å². The predicted octanol–water partition coefficient (Wildman–Crippen LogP) is 4.18. The van der Waals surface area contributed by atoms with Crippen LogP contribution in [0.4, 0.5) is 5.69 Å². The number of carbonyl (C=O) groups excluding carboxylic acids is 1. The highest BCUT2D eigenvalue weighted by Crippen LogP contribution is 2.28. The molecular weight excluding hydrogens is 466 g/mol. The lowest BCUT2D eigenvalue weighted by Crippen LogP contribution is -2.34. The molecule has 30 heavy (non-hydrogen) atoms. The van der Waals surface area contributed by atoms with Gasteiger partial charge in [0.05, 0.1) is 16.5 Å². The van der Waals surface area contributed by atoms with Crippen LogP contribution in [-0.4, -0.2) is 45.8 Å². The number of piperidine rings is 1. The number of nitrogens with one attached hydrogen (secondary N) is 1. The van der Waals surface area contributed by atoms with E-state index in [9.17, 15) is 13.2 Å². The molecule has 8 heteroatoms. The minimum Gasteiger partial charge on any atom is -0.371 e. The molecular formula is C22H28BrN3O3S. The number of anilines is 1. The van der Waals surface area contributed by atoms with E-state index < -0.39 is 10.0 Å². The van der Waals surface area contributed by atoms with Crippen LogP contribution in [0.1, 0.15) is 48.1 Å². The van der Waals surface area contributed by atoms with Gasteiger partial charge in [-0.05, 0) is 62.1 Å². The van der Waals surface area contributed by atoms with E-state index in [1.165, 1.54) is 26.6 Å². The Bertz CT molecular complexity index is 1000. The fourth-order valence-electron chi connectivity index (χ4n) is 3.59. The van der Waals surface area contributed by atoms with Crippen molar-refractivity contribution in [2.75, 3.05) is 32.1 Å². The average Bonchev–Trinajstić information content (AvgIpc) is 2.74. The number of hydrogen-bond acceptors (Lipinski definition) is 4. The van der Waals surface area contributed by atoms with Crippen molar-refractivity contribution in [3.63, 3.8) is 0 Å². The molecule has 1 amide bonds. The second-order valence-corrected chi connectivity index (χ2v) is 10.8. The first-order chi connectivity index (χ1) is 14.2. The van der Waals surface area contributed by atoms with Crippen LogP contribution < -0.4 is 10.2 Å². The highest BCUT2D eigenvalue weighted by atomic mass is 79.9. The van der Waals surface area contributed by atoms with E-state index in [0.29, 0.717) is 5.56 Å². The minimum atomic E-state index is -3.64. The highest BCUT2D eigenvalue weighted by molar-refractivity contribution is 9.10. The van der Waals surface area contributed by atoms with Gasteiger partial charge < -0.3 is 10.2 Å². The molecule has 162 valence electrons. The standard InChI is InChI=1S/C22H28BrN3O3S/c1-16(17-7-9-18(23)10-8-17)24-22(27)20-15-19(30(28,29)25(2)3)11-12-21(20)26-13-5-4-6-14-26/h7-12,15-16H,4-6,13-14H2,1-3H3,(H,24,27). The summed E-state index contributed by atoms with van der Waals surface area (Å²) in [5.41, 5.74) is 2.15. The van der Waals surface area contributed by atoms with Crippen LogP contribution in [0.3, 0.4) is 0 Å². The average molecular weight is 494 g/mol. The number of nitrogens with zero attached hydrogens (tertiary/aromatic N) is 2. The fraction of sp³-hybridized carbons (Fsp3) is 0.409. The van der Waals surface area contributed by atoms with E-state index >= 15 is 0 Å². The molecule has 0 radical (unpaired) electrons. The Morgan fingerprint density at radius 1 is 1.07 bits per heavy atom. The minimum absolute atomic E-state index is 0.120. The van der Waals surface area contributed by atoms with Gasteiger partial charge in [0.25, 0.3) is 5.91 Å². The summed E-state index contributed by atoms with van der Waals surface area (Å²) in [6, 6.07) is 12.4. The van der Waals surface area contributed by atoms with E-state index in [1.807, 2.05) is 31.2 Å². The Labute approximate surface area is 187 Å². The molecule has 2 aromatic carbocycles. The van der Waals surface area contributed by atoms with Crippen molar-refractivity contribution in [2.45, 2.75) is 37.1 Å². The van der Waals surface area contributed by atoms with Crippen LogP contribution in [0.5, 0.6) is 0 Å². The first-order valence-corrected chi connectivity index (χ1v) is 12.3. The lowest BCUT2D eigenvalue weighted by atomic mass is 10.0. The second kappa shape index (κ2) is 9.49. The van der Waals surface area contributed by atoms with Crippen LogP contribution in [0.15, 0.2) is 51.8 Å². The zero-order chi connectivity index (χ0) is 21.9. The molecule has 1 fully saturated rings. The highest BCUT2D eigenvalue weighted by Gasteiger charge is 2.25. The Kier molecular flexibility index (Phi) is 7.21. The second-order valence-electron chi connectivity index (χ2n) is 7.76. The van der Waals surface area contributed by atoms with Crippen LogP contribution in [0, 0.1) is 0 Å². The van der Waals surface area contributed by atoms with Gasteiger partial charge >= 0.3 is 0 Å².